The van der Waals surface area contributed by atoms with Gasteiger partial charge in [0.15, 0.2) is 0 Å². The standard InChI is InChI=1S/C15H16N6O.C14H14N6O.C10H17BN2O2.C10H10ClN3O.C6H5BrClNO.C6H6ClNO.C5H3Cl2N.C5H7N3.C2H4O2/c1-21-10-11(7-20-21)12-8-19-15(22-2)6-13(12)18-9-14-16-4-3-5-17-14;1-20-9-10(6-19-20)11-7-18-14(21)5-12(11)17-8-13-15-3-2-4-16-13;1-9(2)10(3,4)15-11(14-9)8-6-12-13(5)7-8;1-14-6-7(4-13-14)8-5-12-10(15-2)3-9(8)11;1-10-6-2-5(8)4(7)3-9-6;1-9-6-4-5(7)2-3-8-6;6-4-1-2-8-5(7)3-4;6-4-5-7-2-1-3-8-5;1-2(3)4/h3-8,10H,9H2,1-2H3,(H,18,19);2-7,9H,8H2,1H3,(H2,17,18,21);6-7H,1-5H3;3-6H,1-2H3;2-3H,1H3;2-4H,1H3;1-3H;1-3H,4,6H2;1H3,(H,3,4). The molecule has 14 heterocycles. The molecule has 1 aliphatic heterocycles. The van der Waals surface area contributed by atoms with Gasteiger partial charge in [0.2, 0.25) is 29.1 Å². The molecule has 588 valence electrons. The molecule has 0 spiro atoms. The van der Waals surface area contributed by atoms with Crippen molar-refractivity contribution in [1.29, 1.82) is 0 Å². The summed E-state index contributed by atoms with van der Waals surface area (Å²) in [4.78, 5) is 67.5. The fourth-order valence-corrected chi connectivity index (χ4v) is 9.90. The van der Waals surface area contributed by atoms with Gasteiger partial charge in [-0.2, -0.15) is 20.4 Å². The quantitative estimate of drug-likeness (QED) is 0.0470. The van der Waals surface area contributed by atoms with Gasteiger partial charge in [-0.25, -0.2) is 54.8 Å². The number of aliphatic carboxylic acids is 1. The van der Waals surface area contributed by atoms with Crippen molar-refractivity contribution in [2.45, 2.75) is 65.5 Å². The monoisotopic (exact) mass is 1690 g/mol. The van der Waals surface area contributed by atoms with Crippen LogP contribution in [0, 0.1) is 0 Å². The van der Waals surface area contributed by atoms with E-state index in [1.807, 2.05) is 86.7 Å². The Kier molecular flexibility index (Phi) is 36.8. The molecule has 32 nitrogen and oxygen atoms in total. The van der Waals surface area contributed by atoms with E-state index in [1.54, 1.807) is 201 Å². The molecule has 0 aromatic carbocycles. The number of halogens is 6. The van der Waals surface area contributed by atoms with Crippen LogP contribution in [0.15, 0.2) is 200 Å². The van der Waals surface area contributed by atoms with Gasteiger partial charge in [-0.15, -0.1) is 0 Å². The highest BCUT2D eigenvalue weighted by atomic mass is 79.9. The van der Waals surface area contributed by atoms with Crippen molar-refractivity contribution >= 4 is 104 Å². The molecule has 13 aromatic heterocycles. The molecule has 0 saturated carbocycles. The molecular weight excluding hydrogens is 1610 g/mol. The maximum absolute atomic E-state index is 11.5. The van der Waals surface area contributed by atoms with Crippen LogP contribution >= 0.6 is 73.9 Å². The van der Waals surface area contributed by atoms with E-state index in [1.165, 1.54) is 6.07 Å². The molecule has 0 amide bonds. The predicted octanol–water partition coefficient (Wildman–Crippen LogP) is 12.6. The van der Waals surface area contributed by atoms with Gasteiger partial charge in [0.25, 0.3) is 5.97 Å². The number of carboxylic acids is 1. The minimum atomic E-state index is -0.833. The number of carbonyl (C=O) groups is 1. The molecule has 112 heavy (non-hydrogen) atoms. The number of hydrogen-bond acceptors (Lipinski definition) is 26. The number of rotatable bonds is 15. The van der Waals surface area contributed by atoms with E-state index in [0.717, 1.165) is 67.4 Å². The van der Waals surface area contributed by atoms with E-state index in [-0.39, 0.29) is 23.9 Å². The number of nitrogens with one attached hydrogen (secondary N) is 3. The van der Waals surface area contributed by atoms with Crippen LogP contribution in [0.4, 0.5) is 11.4 Å². The number of nitrogens with two attached hydrogens (primary N) is 1. The third-order valence-corrected chi connectivity index (χ3v) is 17.0. The highest BCUT2D eigenvalue weighted by Crippen LogP contribution is 2.37. The first-order valence-electron chi connectivity index (χ1n) is 33.2. The number of ether oxygens (including phenoxy) is 4. The predicted molar refractivity (Wildman–Crippen MR) is 435 cm³/mol. The van der Waals surface area contributed by atoms with Gasteiger partial charge in [-0.05, 0) is 80.0 Å². The minimum absolute atomic E-state index is 0.167. The Morgan fingerprint density at radius 2 is 0.920 bits per heavy atom. The van der Waals surface area contributed by atoms with Crippen LogP contribution in [0.5, 0.6) is 23.5 Å². The van der Waals surface area contributed by atoms with Crippen molar-refractivity contribution in [3.63, 3.8) is 0 Å². The van der Waals surface area contributed by atoms with Gasteiger partial charge in [-0.3, -0.25) is 28.3 Å². The number of pyridine rings is 6. The number of aromatic nitrogens is 20. The smallest absolute Gasteiger partial charge is 0.481 e. The number of nitrogens with zero attached hydrogens (tertiary/aromatic N) is 19. The highest BCUT2D eigenvalue weighted by molar-refractivity contribution is 9.10. The summed E-state index contributed by atoms with van der Waals surface area (Å²) in [6.45, 7) is 10.6. The highest BCUT2D eigenvalue weighted by Gasteiger charge is 2.52. The number of hydrogen-bond donors (Lipinski definition) is 5. The zero-order valence-electron chi connectivity index (χ0n) is 63.2. The summed E-state index contributed by atoms with van der Waals surface area (Å²) in [5, 5.41) is 33.4. The molecule has 0 radical (unpaired) electrons. The Morgan fingerprint density at radius 3 is 1.31 bits per heavy atom. The van der Waals surface area contributed by atoms with Crippen molar-refractivity contribution in [3.8, 4) is 56.9 Å². The average Bonchev–Trinajstić information content (AvgIpc) is 1.62. The number of methoxy groups -OCH3 is 4. The van der Waals surface area contributed by atoms with Gasteiger partial charge >= 0.3 is 7.12 Å². The van der Waals surface area contributed by atoms with E-state index >= 15 is 0 Å². The zero-order chi connectivity index (χ0) is 81.8. The van der Waals surface area contributed by atoms with Gasteiger partial charge < -0.3 is 54.7 Å². The summed E-state index contributed by atoms with van der Waals surface area (Å²) >= 11 is 31.6. The van der Waals surface area contributed by atoms with Crippen molar-refractivity contribution in [2.75, 3.05) is 39.1 Å². The molecule has 39 heteroatoms. The van der Waals surface area contributed by atoms with Crippen LogP contribution in [-0.2, 0) is 61.9 Å². The number of H-pyrrole nitrogens is 1. The fraction of sp³-hybridized carbons (Fsp3) is 0.247. The Labute approximate surface area is 680 Å². The van der Waals surface area contributed by atoms with Gasteiger partial charge in [0.05, 0.1) is 92.4 Å². The van der Waals surface area contributed by atoms with Crippen molar-refractivity contribution in [1.82, 2.24) is 98.9 Å². The fourth-order valence-electron chi connectivity index (χ4n) is 8.75. The molecule has 13 aromatic rings. The third-order valence-electron chi connectivity index (χ3n) is 14.8. The summed E-state index contributed by atoms with van der Waals surface area (Å²) < 4.78 is 39.3. The Bertz CT molecular complexity index is 5020. The van der Waals surface area contributed by atoms with Crippen LogP contribution in [0.2, 0.25) is 25.2 Å². The number of anilines is 2. The van der Waals surface area contributed by atoms with E-state index in [2.05, 4.69) is 107 Å². The Hall–Kier alpha value is -11.1. The van der Waals surface area contributed by atoms with E-state index in [0.29, 0.717) is 80.0 Å². The summed E-state index contributed by atoms with van der Waals surface area (Å²) in [6, 6.07) is 18.6. The van der Waals surface area contributed by atoms with Gasteiger partial charge in [0, 0.05) is 231 Å². The summed E-state index contributed by atoms with van der Waals surface area (Å²) in [6.07, 6.45) is 34.7. The van der Waals surface area contributed by atoms with E-state index in [4.69, 9.17) is 102 Å². The third kappa shape index (κ3) is 30.7. The molecule has 14 rings (SSSR count). The lowest BCUT2D eigenvalue weighted by atomic mass is 9.82. The topological polar surface area (TPSA) is 389 Å². The van der Waals surface area contributed by atoms with E-state index < -0.39 is 5.97 Å². The summed E-state index contributed by atoms with van der Waals surface area (Å²) in [5.41, 5.74) is 12.6. The SMILES string of the molecule is CC(=O)O.COc1cc(Cl)c(-c2cnn(C)c2)cn1.COc1cc(Cl)c(Br)cn1.COc1cc(Cl)ccn1.COc1cc(NCc2ncccn2)c(-c2cnn(C)c2)cn1.Clc1ccnc(Cl)c1.Cn1cc(-c2c[nH]c(=O)cc2NCc2ncccn2)cn1.Cn1cc(B2OC(C)(C)C(C)(C)O2)cn1.NCc1ncccn1. The number of carboxylic acid groups (broad SMARTS) is 1. The maximum Gasteiger partial charge on any atom is 0.498 e. The van der Waals surface area contributed by atoms with E-state index in [9.17, 15) is 4.79 Å². The second-order valence-corrected chi connectivity index (χ2v) is 26.7. The maximum atomic E-state index is 11.5. The first-order chi connectivity index (χ1) is 53.5. The van der Waals surface area contributed by atoms with Crippen molar-refractivity contribution in [3.05, 3.63) is 248 Å². The first-order valence-corrected chi connectivity index (χ1v) is 35.9. The Morgan fingerprint density at radius 1 is 0.518 bits per heavy atom. The van der Waals surface area contributed by atoms with Crippen LogP contribution in [0.1, 0.15) is 52.1 Å². The zero-order valence-corrected chi connectivity index (χ0v) is 68.5. The molecule has 0 atom stereocenters. The van der Waals surface area contributed by atoms with Gasteiger partial charge in [0.1, 0.15) is 22.6 Å². The Balaban J connectivity index is 0.000000203. The van der Waals surface area contributed by atoms with Crippen molar-refractivity contribution < 1.29 is 38.2 Å². The number of aromatic amines is 1. The number of aryl methyl sites for hydroxylation is 4. The van der Waals surface area contributed by atoms with Crippen LogP contribution < -0.4 is 46.3 Å². The largest absolute Gasteiger partial charge is 0.498 e. The van der Waals surface area contributed by atoms with Crippen LogP contribution in [0.25, 0.3) is 33.4 Å². The summed E-state index contributed by atoms with van der Waals surface area (Å²) in [7, 11) is 13.4. The lowest BCUT2D eigenvalue weighted by Crippen LogP contribution is -2.41. The normalized spacial score (nSPS) is 11.7. The molecule has 1 aliphatic rings. The lowest BCUT2D eigenvalue weighted by Gasteiger charge is -2.32. The van der Waals surface area contributed by atoms with Gasteiger partial charge in [-0.1, -0.05) is 58.0 Å². The minimum Gasteiger partial charge on any atom is -0.481 e. The molecule has 1 fully saturated rings. The second kappa shape index (κ2) is 45.9. The molecule has 6 N–H and O–H groups in total. The van der Waals surface area contributed by atoms with Crippen LogP contribution in [-0.4, -0.2) is 157 Å². The molecular formula is C73H82BBrCl5N23O9. The first kappa shape index (κ1) is 89.8. The molecule has 0 aliphatic carbocycles. The van der Waals surface area contributed by atoms with Crippen LogP contribution in [0.3, 0.4) is 0 Å². The molecule has 0 unspecified atom stereocenters. The molecule has 0 bridgehead atoms. The average molecular weight is 1690 g/mol. The second-order valence-electron chi connectivity index (χ2n) is 23.7. The molecule has 1 saturated heterocycles. The lowest BCUT2D eigenvalue weighted by molar-refractivity contribution is -0.134. The summed E-state index contributed by atoms with van der Waals surface area (Å²) in [5.74, 6) is 3.35. The van der Waals surface area contributed by atoms with Crippen molar-refractivity contribution in [2.24, 2.45) is 33.9 Å².